The SMILES string of the molecule is CCOc1ccc(-c2noc(C=C(C)C)n2)cc1OC. The molecule has 2 aromatic rings. The van der Waals surface area contributed by atoms with Crippen molar-refractivity contribution in [3.63, 3.8) is 0 Å². The van der Waals surface area contributed by atoms with Crippen LogP contribution in [0, 0.1) is 0 Å². The van der Waals surface area contributed by atoms with E-state index in [1.54, 1.807) is 7.11 Å². The van der Waals surface area contributed by atoms with Gasteiger partial charge in [-0.1, -0.05) is 10.7 Å². The van der Waals surface area contributed by atoms with Gasteiger partial charge in [0, 0.05) is 11.6 Å². The van der Waals surface area contributed by atoms with E-state index in [2.05, 4.69) is 10.1 Å². The van der Waals surface area contributed by atoms with Crippen molar-refractivity contribution in [1.29, 1.82) is 0 Å². The molecule has 0 spiro atoms. The molecule has 0 aliphatic carbocycles. The van der Waals surface area contributed by atoms with Crippen LogP contribution in [0.25, 0.3) is 17.5 Å². The van der Waals surface area contributed by atoms with E-state index in [4.69, 9.17) is 14.0 Å². The van der Waals surface area contributed by atoms with E-state index in [0.717, 1.165) is 11.1 Å². The summed E-state index contributed by atoms with van der Waals surface area (Å²) in [7, 11) is 1.60. The monoisotopic (exact) mass is 274 g/mol. The van der Waals surface area contributed by atoms with Gasteiger partial charge in [0.15, 0.2) is 11.5 Å². The summed E-state index contributed by atoms with van der Waals surface area (Å²) in [4.78, 5) is 4.32. The first-order valence-corrected chi connectivity index (χ1v) is 6.44. The molecule has 5 heteroatoms. The zero-order valence-corrected chi connectivity index (χ0v) is 12.1. The Balaban J connectivity index is 2.33. The van der Waals surface area contributed by atoms with Crippen LogP contribution in [0.5, 0.6) is 11.5 Å². The summed E-state index contributed by atoms with van der Waals surface area (Å²) in [6.07, 6.45) is 1.84. The van der Waals surface area contributed by atoms with E-state index in [9.17, 15) is 0 Å². The van der Waals surface area contributed by atoms with Crippen molar-refractivity contribution in [2.45, 2.75) is 20.8 Å². The molecule has 0 bridgehead atoms. The van der Waals surface area contributed by atoms with Crippen LogP contribution in [0.2, 0.25) is 0 Å². The molecule has 2 rings (SSSR count). The van der Waals surface area contributed by atoms with Gasteiger partial charge in [-0.15, -0.1) is 0 Å². The number of aromatic nitrogens is 2. The van der Waals surface area contributed by atoms with Crippen LogP contribution in [0.15, 0.2) is 28.3 Å². The van der Waals surface area contributed by atoms with Gasteiger partial charge in [0.25, 0.3) is 5.89 Å². The van der Waals surface area contributed by atoms with Crippen molar-refractivity contribution in [2.24, 2.45) is 0 Å². The minimum atomic E-state index is 0.493. The largest absolute Gasteiger partial charge is 0.493 e. The topological polar surface area (TPSA) is 57.4 Å². The van der Waals surface area contributed by atoms with Gasteiger partial charge in [-0.05, 0) is 39.0 Å². The van der Waals surface area contributed by atoms with Crippen LogP contribution >= 0.6 is 0 Å². The Morgan fingerprint density at radius 3 is 2.75 bits per heavy atom. The van der Waals surface area contributed by atoms with Crippen LogP contribution in [0.4, 0.5) is 0 Å². The van der Waals surface area contributed by atoms with Gasteiger partial charge in [0.05, 0.1) is 13.7 Å². The maximum Gasteiger partial charge on any atom is 0.250 e. The van der Waals surface area contributed by atoms with Crippen molar-refractivity contribution in [3.8, 4) is 22.9 Å². The summed E-state index contributed by atoms with van der Waals surface area (Å²) < 4.78 is 16.0. The summed E-state index contributed by atoms with van der Waals surface area (Å²) in [6, 6.07) is 5.56. The molecule has 0 radical (unpaired) electrons. The van der Waals surface area contributed by atoms with Crippen molar-refractivity contribution in [2.75, 3.05) is 13.7 Å². The average molecular weight is 274 g/mol. The number of rotatable bonds is 5. The molecule has 1 aromatic heterocycles. The number of hydrogen-bond acceptors (Lipinski definition) is 5. The third kappa shape index (κ3) is 3.17. The van der Waals surface area contributed by atoms with Crippen LogP contribution in [0.3, 0.4) is 0 Å². The first-order chi connectivity index (χ1) is 9.63. The summed E-state index contributed by atoms with van der Waals surface area (Å²) in [6.45, 7) is 6.47. The number of nitrogens with zero attached hydrogens (tertiary/aromatic N) is 2. The molecule has 0 atom stereocenters. The lowest BCUT2D eigenvalue weighted by atomic mass is 10.2. The minimum Gasteiger partial charge on any atom is -0.493 e. The first kappa shape index (κ1) is 14.1. The van der Waals surface area contributed by atoms with Crippen molar-refractivity contribution in [1.82, 2.24) is 10.1 Å². The van der Waals surface area contributed by atoms with E-state index >= 15 is 0 Å². The number of benzene rings is 1. The van der Waals surface area contributed by atoms with Crippen molar-refractivity contribution in [3.05, 3.63) is 29.7 Å². The predicted octanol–water partition coefficient (Wildman–Crippen LogP) is 3.57. The average Bonchev–Trinajstić information content (AvgIpc) is 2.87. The number of hydrogen-bond donors (Lipinski definition) is 0. The summed E-state index contributed by atoms with van der Waals surface area (Å²) in [5, 5.41) is 3.96. The second-order valence-electron chi connectivity index (χ2n) is 4.48. The Hall–Kier alpha value is -2.30. The molecular formula is C15H18N2O3. The highest BCUT2D eigenvalue weighted by atomic mass is 16.5. The molecule has 0 N–H and O–H groups in total. The lowest BCUT2D eigenvalue weighted by Gasteiger charge is -2.09. The van der Waals surface area contributed by atoms with Gasteiger partial charge in [-0.2, -0.15) is 4.98 Å². The molecule has 0 saturated heterocycles. The zero-order valence-electron chi connectivity index (χ0n) is 12.1. The molecule has 1 heterocycles. The fourth-order valence-electron chi connectivity index (χ4n) is 1.74. The Kier molecular flexibility index (Phi) is 4.40. The first-order valence-electron chi connectivity index (χ1n) is 6.44. The molecule has 20 heavy (non-hydrogen) atoms. The fourth-order valence-corrected chi connectivity index (χ4v) is 1.74. The number of methoxy groups -OCH3 is 1. The highest BCUT2D eigenvalue weighted by Crippen LogP contribution is 2.31. The molecule has 0 aliphatic rings. The Morgan fingerprint density at radius 1 is 1.30 bits per heavy atom. The molecule has 0 aliphatic heterocycles. The van der Waals surface area contributed by atoms with Crippen molar-refractivity contribution < 1.29 is 14.0 Å². The molecule has 0 saturated carbocycles. The standard InChI is InChI=1S/C15H18N2O3/c1-5-19-12-7-6-11(9-13(12)18-4)15-16-14(20-17-15)8-10(2)3/h6-9H,5H2,1-4H3. The molecular weight excluding hydrogens is 256 g/mol. The van der Waals surface area contributed by atoms with E-state index in [0.29, 0.717) is 29.8 Å². The van der Waals surface area contributed by atoms with Crippen LogP contribution in [0.1, 0.15) is 26.7 Å². The van der Waals surface area contributed by atoms with Gasteiger partial charge in [0.2, 0.25) is 5.82 Å². The van der Waals surface area contributed by atoms with Crippen LogP contribution in [-0.2, 0) is 0 Å². The van der Waals surface area contributed by atoms with Gasteiger partial charge in [0.1, 0.15) is 0 Å². The van der Waals surface area contributed by atoms with E-state index < -0.39 is 0 Å². The van der Waals surface area contributed by atoms with Gasteiger partial charge in [-0.3, -0.25) is 0 Å². The van der Waals surface area contributed by atoms with E-state index in [1.165, 1.54) is 0 Å². The Labute approximate surface area is 118 Å². The van der Waals surface area contributed by atoms with Gasteiger partial charge < -0.3 is 14.0 Å². The lowest BCUT2D eigenvalue weighted by Crippen LogP contribution is -1.95. The maximum absolute atomic E-state index is 5.48. The third-order valence-electron chi connectivity index (χ3n) is 2.58. The van der Waals surface area contributed by atoms with Crippen molar-refractivity contribution >= 4 is 6.08 Å². The highest BCUT2D eigenvalue weighted by Gasteiger charge is 2.11. The predicted molar refractivity (Wildman–Crippen MR) is 76.8 cm³/mol. The minimum absolute atomic E-state index is 0.493. The second-order valence-corrected chi connectivity index (χ2v) is 4.48. The molecule has 106 valence electrons. The van der Waals surface area contributed by atoms with E-state index in [-0.39, 0.29) is 0 Å². The fraction of sp³-hybridized carbons (Fsp3) is 0.333. The molecule has 1 aromatic carbocycles. The molecule has 0 fully saturated rings. The number of ether oxygens (including phenoxy) is 2. The smallest absolute Gasteiger partial charge is 0.250 e. The Morgan fingerprint density at radius 2 is 2.10 bits per heavy atom. The van der Waals surface area contributed by atoms with Crippen LogP contribution in [-0.4, -0.2) is 23.9 Å². The highest BCUT2D eigenvalue weighted by molar-refractivity contribution is 5.61. The lowest BCUT2D eigenvalue weighted by molar-refractivity contribution is 0.311. The molecule has 5 nitrogen and oxygen atoms in total. The normalized spacial score (nSPS) is 10.2. The zero-order chi connectivity index (χ0) is 14.5. The maximum atomic E-state index is 5.48. The quantitative estimate of drug-likeness (QED) is 0.834. The van der Waals surface area contributed by atoms with Gasteiger partial charge in [-0.25, -0.2) is 0 Å². The second kappa shape index (κ2) is 6.23. The third-order valence-corrected chi connectivity index (χ3v) is 2.58. The van der Waals surface area contributed by atoms with E-state index in [1.807, 2.05) is 45.0 Å². The molecule has 0 amide bonds. The summed E-state index contributed by atoms with van der Waals surface area (Å²) in [5.41, 5.74) is 1.92. The number of allylic oxidation sites excluding steroid dienone is 1. The summed E-state index contributed by atoms with van der Waals surface area (Å²) in [5.74, 6) is 2.37. The summed E-state index contributed by atoms with van der Waals surface area (Å²) >= 11 is 0. The Bertz CT molecular complexity index is 613. The van der Waals surface area contributed by atoms with Gasteiger partial charge >= 0.3 is 0 Å². The van der Waals surface area contributed by atoms with Crippen LogP contribution < -0.4 is 9.47 Å². The molecule has 0 unspecified atom stereocenters.